The van der Waals surface area contributed by atoms with Crippen LogP contribution in [-0.2, 0) is 11.0 Å². The van der Waals surface area contributed by atoms with Gasteiger partial charge in [0.1, 0.15) is 11.0 Å². The lowest BCUT2D eigenvalue weighted by Crippen LogP contribution is -2.29. The number of anilines is 1. The molecule has 0 aliphatic heterocycles. The summed E-state index contributed by atoms with van der Waals surface area (Å²) in [6, 6.07) is 1.52. The molecule has 1 heterocycles. The number of amides is 1. The first kappa shape index (κ1) is 14.6. The number of aromatic nitrogens is 1. The topological polar surface area (TPSA) is 54.0 Å². The van der Waals surface area contributed by atoms with Gasteiger partial charge in [-0.2, -0.15) is 13.2 Å². The largest absolute Gasteiger partial charge is 0.416 e. The maximum absolute atomic E-state index is 12.5. The molecule has 2 N–H and O–H groups in total. The Hall–Kier alpha value is -1.50. The van der Waals surface area contributed by atoms with Crippen LogP contribution in [0, 0.1) is 0 Å². The third kappa shape index (κ3) is 4.40. The molecule has 0 bridgehead atoms. The van der Waals surface area contributed by atoms with Crippen molar-refractivity contribution < 1.29 is 18.0 Å². The maximum Gasteiger partial charge on any atom is 0.416 e. The molecular weight excluding hydrogens is 271 g/mol. The van der Waals surface area contributed by atoms with Gasteiger partial charge < -0.3 is 10.6 Å². The van der Waals surface area contributed by atoms with E-state index >= 15 is 0 Å². The highest BCUT2D eigenvalue weighted by atomic mass is 35.5. The lowest BCUT2D eigenvalue weighted by molar-refractivity contribution is -0.137. The van der Waals surface area contributed by atoms with Crippen molar-refractivity contribution in [3.05, 3.63) is 22.8 Å². The molecule has 0 saturated carbocycles. The summed E-state index contributed by atoms with van der Waals surface area (Å²) in [6.07, 6.45) is -4.51. The third-order valence-corrected chi connectivity index (χ3v) is 2.12. The van der Waals surface area contributed by atoms with E-state index in [1.165, 1.54) is 0 Å². The fraction of sp³-hybridized carbons (Fsp3) is 0.400. The molecule has 0 atom stereocenters. The monoisotopic (exact) mass is 281 g/mol. The second-order valence-corrected chi connectivity index (χ2v) is 3.76. The Morgan fingerprint density at radius 1 is 1.44 bits per heavy atom. The van der Waals surface area contributed by atoms with Gasteiger partial charge in [0.25, 0.3) is 0 Å². The molecule has 100 valence electrons. The zero-order valence-corrected chi connectivity index (χ0v) is 10.2. The average molecular weight is 282 g/mol. The first-order chi connectivity index (χ1) is 8.32. The maximum atomic E-state index is 12.5. The lowest BCUT2D eigenvalue weighted by Gasteiger charge is -2.10. The summed E-state index contributed by atoms with van der Waals surface area (Å²) >= 11 is 5.48. The Kier molecular flexibility index (Phi) is 4.77. The van der Waals surface area contributed by atoms with E-state index in [0.717, 1.165) is 12.1 Å². The predicted molar refractivity (Wildman–Crippen MR) is 61.4 cm³/mol. The highest BCUT2D eigenvalue weighted by Crippen LogP contribution is 2.31. The third-order valence-electron chi connectivity index (χ3n) is 1.93. The Bertz CT molecular complexity index is 437. The number of nitrogens with one attached hydrogen (secondary N) is 2. The second-order valence-electron chi connectivity index (χ2n) is 3.37. The number of hydrogen-bond donors (Lipinski definition) is 2. The van der Waals surface area contributed by atoms with E-state index in [4.69, 9.17) is 11.6 Å². The molecule has 0 radical (unpaired) electrons. The molecule has 18 heavy (non-hydrogen) atoms. The Morgan fingerprint density at radius 3 is 2.67 bits per heavy atom. The van der Waals surface area contributed by atoms with Gasteiger partial charge in [-0.15, -0.1) is 0 Å². The summed E-state index contributed by atoms with van der Waals surface area (Å²) in [5, 5.41) is 4.68. The Morgan fingerprint density at radius 2 is 2.11 bits per heavy atom. The van der Waals surface area contributed by atoms with E-state index in [2.05, 4.69) is 15.6 Å². The standard InChI is InChI=1S/C10H11ClF3N3O/c1-2-15-9(18)5-16-8-4-6(10(12,13)14)3-7(11)17-8/h3-4H,2,5H2,1H3,(H,15,18)(H,16,17). The summed E-state index contributed by atoms with van der Waals surface area (Å²) < 4.78 is 37.4. The minimum atomic E-state index is -4.51. The van der Waals surface area contributed by atoms with Crippen LogP contribution in [0.1, 0.15) is 12.5 Å². The minimum absolute atomic E-state index is 0.0962. The van der Waals surface area contributed by atoms with Crippen LogP contribution in [0.4, 0.5) is 19.0 Å². The highest BCUT2D eigenvalue weighted by Gasteiger charge is 2.31. The van der Waals surface area contributed by atoms with Crippen molar-refractivity contribution in [2.45, 2.75) is 13.1 Å². The van der Waals surface area contributed by atoms with Crippen molar-refractivity contribution in [1.29, 1.82) is 0 Å². The van der Waals surface area contributed by atoms with Crippen molar-refractivity contribution in [1.82, 2.24) is 10.3 Å². The van der Waals surface area contributed by atoms with E-state index in [0.29, 0.717) is 6.54 Å². The molecule has 8 heteroatoms. The molecular formula is C10H11ClF3N3O. The SMILES string of the molecule is CCNC(=O)CNc1cc(C(F)(F)F)cc(Cl)n1. The van der Waals surface area contributed by atoms with Gasteiger partial charge in [0.05, 0.1) is 12.1 Å². The fourth-order valence-corrected chi connectivity index (χ4v) is 1.39. The molecule has 0 saturated heterocycles. The van der Waals surface area contributed by atoms with Crippen molar-refractivity contribution in [3.63, 3.8) is 0 Å². The van der Waals surface area contributed by atoms with Crippen LogP contribution in [0.25, 0.3) is 0 Å². The van der Waals surface area contributed by atoms with Crippen molar-refractivity contribution >= 4 is 23.3 Å². The first-order valence-electron chi connectivity index (χ1n) is 5.08. The van der Waals surface area contributed by atoms with Crippen LogP contribution in [-0.4, -0.2) is 24.0 Å². The number of carbonyl (C=O) groups is 1. The molecule has 1 aromatic rings. The number of pyridine rings is 1. The Balaban J connectivity index is 2.78. The van der Waals surface area contributed by atoms with E-state index in [1.807, 2.05) is 0 Å². The van der Waals surface area contributed by atoms with Gasteiger partial charge in [0.2, 0.25) is 5.91 Å². The first-order valence-corrected chi connectivity index (χ1v) is 5.46. The summed E-state index contributed by atoms with van der Waals surface area (Å²) in [4.78, 5) is 14.8. The number of alkyl halides is 3. The Labute approximate surface area is 107 Å². The lowest BCUT2D eigenvalue weighted by atomic mass is 10.2. The number of halogens is 4. The molecule has 1 rings (SSSR count). The van der Waals surface area contributed by atoms with E-state index in [-0.39, 0.29) is 23.4 Å². The molecule has 0 fully saturated rings. The van der Waals surface area contributed by atoms with Gasteiger partial charge in [-0.3, -0.25) is 4.79 Å². The van der Waals surface area contributed by atoms with Crippen molar-refractivity contribution in [2.75, 3.05) is 18.4 Å². The van der Waals surface area contributed by atoms with Gasteiger partial charge in [0.15, 0.2) is 0 Å². The number of nitrogens with zero attached hydrogens (tertiary/aromatic N) is 1. The van der Waals surface area contributed by atoms with Crippen LogP contribution >= 0.6 is 11.6 Å². The summed E-state index contributed by atoms with van der Waals surface area (Å²) in [5.74, 6) is -0.436. The molecule has 0 unspecified atom stereocenters. The van der Waals surface area contributed by atoms with E-state index < -0.39 is 11.7 Å². The molecule has 1 aromatic heterocycles. The van der Waals surface area contributed by atoms with E-state index in [9.17, 15) is 18.0 Å². The second kappa shape index (κ2) is 5.90. The molecule has 1 amide bonds. The molecule has 0 aromatic carbocycles. The zero-order valence-electron chi connectivity index (χ0n) is 9.44. The van der Waals surface area contributed by atoms with Gasteiger partial charge >= 0.3 is 6.18 Å². The predicted octanol–water partition coefficient (Wildman–Crippen LogP) is 2.30. The van der Waals surface area contributed by atoms with Crippen molar-refractivity contribution in [3.8, 4) is 0 Å². The zero-order chi connectivity index (χ0) is 13.8. The van der Waals surface area contributed by atoms with Crippen LogP contribution in [0.15, 0.2) is 12.1 Å². The number of carbonyl (C=O) groups excluding carboxylic acids is 1. The van der Waals surface area contributed by atoms with Crippen LogP contribution in [0.3, 0.4) is 0 Å². The molecule has 0 aliphatic rings. The summed E-state index contributed by atoms with van der Waals surface area (Å²) in [6.45, 7) is 2.01. The smallest absolute Gasteiger partial charge is 0.361 e. The normalized spacial score (nSPS) is 11.2. The van der Waals surface area contributed by atoms with Gasteiger partial charge in [-0.05, 0) is 19.1 Å². The summed E-state index contributed by atoms with van der Waals surface area (Å²) in [7, 11) is 0. The van der Waals surface area contributed by atoms with Crippen molar-refractivity contribution in [2.24, 2.45) is 0 Å². The van der Waals surface area contributed by atoms with Gasteiger partial charge in [0, 0.05) is 6.54 Å². The van der Waals surface area contributed by atoms with E-state index in [1.54, 1.807) is 6.92 Å². The number of rotatable bonds is 4. The minimum Gasteiger partial charge on any atom is -0.361 e. The average Bonchev–Trinajstić information content (AvgIpc) is 2.25. The highest BCUT2D eigenvalue weighted by molar-refractivity contribution is 6.29. The van der Waals surface area contributed by atoms with Gasteiger partial charge in [-0.1, -0.05) is 11.6 Å². The van der Waals surface area contributed by atoms with Crippen LogP contribution < -0.4 is 10.6 Å². The summed E-state index contributed by atoms with van der Waals surface area (Å²) in [5.41, 5.74) is -0.916. The number of likely N-dealkylation sites (N-methyl/N-ethyl adjacent to an activating group) is 1. The quantitative estimate of drug-likeness (QED) is 0.833. The molecule has 4 nitrogen and oxygen atoms in total. The van der Waals surface area contributed by atoms with Crippen LogP contribution in [0.5, 0.6) is 0 Å². The number of hydrogen-bond acceptors (Lipinski definition) is 3. The van der Waals surface area contributed by atoms with Crippen LogP contribution in [0.2, 0.25) is 5.15 Å². The molecule has 0 spiro atoms. The molecule has 0 aliphatic carbocycles. The fourth-order valence-electron chi connectivity index (χ4n) is 1.18. The van der Waals surface area contributed by atoms with Gasteiger partial charge in [-0.25, -0.2) is 4.98 Å².